The van der Waals surface area contributed by atoms with E-state index in [0.29, 0.717) is 19.6 Å². The minimum Gasteiger partial charge on any atom is -0.450 e. The molecule has 0 aliphatic heterocycles. The maximum atomic E-state index is 10.6. The summed E-state index contributed by atoms with van der Waals surface area (Å²) in [5.41, 5.74) is 0. The van der Waals surface area contributed by atoms with Crippen LogP contribution >= 0.6 is 23.2 Å². The Labute approximate surface area is 76.0 Å². The van der Waals surface area contributed by atoms with E-state index in [4.69, 9.17) is 23.2 Å². The zero-order valence-electron chi connectivity index (χ0n) is 6.27. The lowest BCUT2D eigenvalue weighted by Crippen LogP contribution is -2.26. The number of hydrogen-bond acceptors (Lipinski definition) is 2. The number of alkyl halides is 2. The van der Waals surface area contributed by atoms with Crippen molar-refractivity contribution < 1.29 is 9.53 Å². The summed E-state index contributed by atoms with van der Waals surface area (Å²) in [4.78, 5) is 10.2. The van der Waals surface area contributed by atoms with Crippen molar-refractivity contribution in [1.29, 1.82) is 0 Å². The summed E-state index contributed by atoms with van der Waals surface area (Å²) in [6.07, 6.45) is 0.101. The lowest BCUT2D eigenvalue weighted by molar-refractivity contribution is 0.152. The zero-order valence-corrected chi connectivity index (χ0v) is 7.78. The molecule has 0 radical (unpaired) electrons. The van der Waals surface area contributed by atoms with Gasteiger partial charge in [0, 0.05) is 6.54 Å². The Bertz CT molecular complexity index is 119. The number of hydrogen-bond donors (Lipinski definition) is 1. The van der Waals surface area contributed by atoms with Crippen LogP contribution in [0.25, 0.3) is 0 Å². The van der Waals surface area contributed by atoms with Crippen LogP contribution in [0.2, 0.25) is 0 Å². The first-order valence-corrected chi connectivity index (χ1v) is 4.23. The maximum Gasteiger partial charge on any atom is 0.407 e. The lowest BCUT2D eigenvalue weighted by Gasteiger charge is -2.04. The van der Waals surface area contributed by atoms with E-state index in [9.17, 15) is 4.79 Å². The first kappa shape index (κ1) is 10.8. The van der Waals surface area contributed by atoms with Crippen LogP contribution in [0.4, 0.5) is 4.79 Å². The second-order valence-electron chi connectivity index (χ2n) is 1.83. The van der Waals surface area contributed by atoms with Crippen molar-refractivity contribution in [2.24, 2.45) is 0 Å². The van der Waals surface area contributed by atoms with Crippen LogP contribution in [0.5, 0.6) is 0 Å². The lowest BCUT2D eigenvalue weighted by atomic mass is 10.5. The van der Waals surface area contributed by atoms with E-state index in [1.165, 1.54) is 0 Å². The van der Waals surface area contributed by atoms with Crippen molar-refractivity contribution in [3.05, 3.63) is 0 Å². The average Bonchev–Trinajstić information content (AvgIpc) is 1.87. The van der Waals surface area contributed by atoms with Gasteiger partial charge in [-0.25, -0.2) is 4.79 Å². The van der Waals surface area contributed by atoms with Gasteiger partial charge in [-0.05, 0) is 13.3 Å². The molecule has 0 aromatic carbocycles. The highest BCUT2D eigenvalue weighted by molar-refractivity contribution is 6.44. The summed E-state index contributed by atoms with van der Waals surface area (Å²) in [5, 5.41) is 2.48. The average molecular weight is 200 g/mol. The van der Waals surface area contributed by atoms with Gasteiger partial charge in [0.05, 0.1) is 6.61 Å². The highest BCUT2D eigenvalue weighted by Crippen LogP contribution is 2.04. The van der Waals surface area contributed by atoms with Crippen LogP contribution < -0.4 is 5.32 Å². The SMILES string of the molecule is CCOC(=O)NCCC(Cl)Cl. The topological polar surface area (TPSA) is 38.3 Å². The molecule has 5 heteroatoms. The number of nitrogens with one attached hydrogen (secondary N) is 1. The molecule has 0 aromatic rings. The first-order chi connectivity index (χ1) is 5.16. The fraction of sp³-hybridized carbons (Fsp3) is 0.833. The van der Waals surface area contributed by atoms with Crippen LogP contribution in [-0.4, -0.2) is 24.1 Å². The van der Waals surface area contributed by atoms with Gasteiger partial charge in [-0.15, -0.1) is 23.2 Å². The molecule has 1 amide bonds. The molecule has 0 heterocycles. The van der Waals surface area contributed by atoms with Crippen LogP contribution in [-0.2, 0) is 4.74 Å². The molecule has 0 atom stereocenters. The van der Waals surface area contributed by atoms with Crippen LogP contribution in [0, 0.1) is 0 Å². The molecule has 0 fully saturated rings. The number of carbonyl (C=O) groups excluding carboxylic acids is 1. The third kappa shape index (κ3) is 7.75. The molecular weight excluding hydrogens is 189 g/mol. The monoisotopic (exact) mass is 199 g/mol. The van der Waals surface area contributed by atoms with Gasteiger partial charge in [-0.1, -0.05) is 0 Å². The number of alkyl carbamates (subject to hydrolysis) is 1. The zero-order chi connectivity index (χ0) is 8.69. The molecule has 0 unspecified atom stereocenters. The van der Waals surface area contributed by atoms with Gasteiger partial charge in [-0.3, -0.25) is 0 Å². The summed E-state index contributed by atoms with van der Waals surface area (Å²) >= 11 is 10.8. The molecule has 0 saturated carbocycles. The third-order valence-corrected chi connectivity index (χ3v) is 1.34. The summed E-state index contributed by atoms with van der Waals surface area (Å²) in [5.74, 6) is 0. The highest BCUT2D eigenvalue weighted by Gasteiger charge is 2.01. The van der Waals surface area contributed by atoms with Crippen molar-refractivity contribution in [2.45, 2.75) is 18.2 Å². The predicted octanol–water partition coefficient (Wildman–Crippen LogP) is 1.93. The van der Waals surface area contributed by atoms with Crippen molar-refractivity contribution in [3.8, 4) is 0 Å². The summed E-state index contributed by atoms with van der Waals surface area (Å²) in [6.45, 7) is 2.55. The van der Waals surface area contributed by atoms with E-state index in [2.05, 4.69) is 10.1 Å². The molecule has 11 heavy (non-hydrogen) atoms. The van der Waals surface area contributed by atoms with E-state index in [-0.39, 0.29) is 0 Å². The Morgan fingerprint density at radius 1 is 1.64 bits per heavy atom. The predicted molar refractivity (Wildman–Crippen MR) is 45.1 cm³/mol. The molecule has 3 nitrogen and oxygen atoms in total. The molecular formula is C6H11Cl2NO2. The Hall–Kier alpha value is -0.150. The Kier molecular flexibility index (Phi) is 6.46. The summed E-state index contributed by atoms with van der Waals surface area (Å²) in [7, 11) is 0. The van der Waals surface area contributed by atoms with Crippen molar-refractivity contribution in [2.75, 3.05) is 13.2 Å². The fourth-order valence-electron chi connectivity index (χ4n) is 0.465. The van der Waals surface area contributed by atoms with Gasteiger partial charge < -0.3 is 10.1 Å². The van der Waals surface area contributed by atoms with Crippen molar-refractivity contribution in [3.63, 3.8) is 0 Å². The van der Waals surface area contributed by atoms with Crippen molar-refractivity contribution in [1.82, 2.24) is 5.32 Å². The maximum absolute atomic E-state index is 10.6. The molecule has 0 aromatic heterocycles. The van der Waals surface area contributed by atoms with Gasteiger partial charge in [-0.2, -0.15) is 0 Å². The van der Waals surface area contributed by atoms with Crippen LogP contribution in [0.15, 0.2) is 0 Å². The molecule has 66 valence electrons. The van der Waals surface area contributed by atoms with E-state index in [1.807, 2.05) is 0 Å². The summed E-state index contributed by atoms with van der Waals surface area (Å²) < 4.78 is 4.59. The largest absolute Gasteiger partial charge is 0.450 e. The summed E-state index contributed by atoms with van der Waals surface area (Å²) in [6, 6.07) is 0. The van der Waals surface area contributed by atoms with Gasteiger partial charge in [0.1, 0.15) is 4.84 Å². The van der Waals surface area contributed by atoms with Gasteiger partial charge in [0.2, 0.25) is 0 Å². The Balaban J connectivity index is 3.17. The first-order valence-electron chi connectivity index (χ1n) is 3.35. The van der Waals surface area contributed by atoms with E-state index < -0.39 is 10.9 Å². The number of halogens is 2. The Morgan fingerprint density at radius 2 is 2.27 bits per heavy atom. The van der Waals surface area contributed by atoms with Crippen molar-refractivity contribution >= 4 is 29.3 Å². The van der Waals surface area contributed by atoms with Crippen LogP contribution in [0.3, 0.4) is 0 Å². The molecule has 0 spiro atoms. The standard InChI is InChI=1S/C6H11Cl2NO2/c1-2-11-6(10)9-4-3-5(7)8/h5H,2-4H2,1H3,(H,9,10). The minimum absolute atomic E-state index is 0.372. The number of ether oxygens (including phenoxy) is 1. The fourth-order valence-corrected chi connectivity index (χ4v) is 0.684. The van der Waals surface area contributed by atoms with E-state index in [0.717, 1.165) is 0 Å². The molecule has 0 saturated heterocycles. The highest BCUT2D eigenvalue weighted by atomic mass is 35.5. The number of amides is 1. The van der Waals surface area contributed by atoms with E-state index >= 15 is 0 Å². The van der Waals surface area contributed by atoms with E-state index in [1.54, 1.807) is 6.92 Å². The molecule has 1 N–H and O–H groups in total. The normalized spacial score (nSPS) is 9.82. The van der Waals surface area contributed by atoms with Crippen LogP contribution in [0.1, 0.15) is 13.3 Å². The Morgan fingerprint density at radius 3 is 2.73 bits per heavy atom. The molecule has 0 bridgehead atoms. The molecule has 0 aliphatic carbocycles. The minimum atomic E-state index is -0.433. The molecule has 0 rings (SSSR count). The van der Waals surface area contributed by atoms with Gasteiger partial charge in [0.15, 0.2) is 0 Å². The number of rotatable bonds is 4. The second-order valence-corrected chi connectivity index (χ2v) is 3.10. The third-order valence-electron chi connectivity index (χ3n) is 0.907. The quantitative estimate of drug-likeness (QED) is 0.704. The molecule has 0 aliphatic rings. The van der Waals surface area contributed by atoms with Gasteiger partial charge in [0.25, 0.3) is 0 Å². The number of carbonyl (C=O) groups is 1. The second kappa shape index (κ2) is 6.55. The smallest absolute Gasteiger partial charge is 0.407 e. The van der Waals surface area contributed by atoms with Gasteiger partial charge >= 0.3 is 6.09 Å².